The van der Waals surface area contributed by atoms with E-state index < -0.39 is 0 Å². The molecule has 17 heavy (non-hydrogen) atoms. The third-order valence-electron chi connectivity index (χ3n) is 3.55. The molecule has 1 aromatic rings. The Morgan fingerprint density at radius 3 is 2.65 bits per heavy atom. The van der Waals surface area contributed by atoms with Crippen LogP contribution in [0.25, 0.3) is 0 Å². The average molecular weight is 235 g/mol. The highest BCUT2D eigenvalue weighted by atomic mass is 16.5. The molecule has 0 saturated carbocycles. The van der Waals surface area contributed by atoms with Gasteiger partial charge in [-0.15, -0.1) is 0 Å². The fourth-order valence-electron chi connectivity index (χ4n) is 2.38. The molecule has 0 aromatic heterocycles. The minimum absolute atomic E-state index is 0.0775. The fourth-order valence-corrected chi connectivity index (χ4v) is 2.38. The van der Waals surface area contributed by atoms with Crippen LogP contribution in [0.15, 0.2) is 30.3 Å². The summed E-state index contributed by atoms with van der Waals surface area (Å²) < 4.78 is 5.45. The first kappa shape index (κ1) is 12.4. The molecule has 1 atom stereocenters. The van der Waals surface area contributed by atoms with Gasteiger partial charge in [0, 0.05) is 30.8 Å². The number of aliphatic hydroxyl groups excluding tert-OH is 1. The van der Waals surface area contributed by atoms with Gasteiger partial charge in [-0.1, -0.05) is 18.2 Å². The number of hydrogen-bond acceptors (Lipinski definition) is 3. The molecule has 0 bridgehead atoms. The number of nitrogens with zero attached hydrogens (tertiary/aromatic N) is 1. The molecule has 94 valence electrons. The predicted octanol–water partition coefficient (Wildman–Crippen LogP) is 1.91. The zero-order chi connectivity index (χ0) is 12.1. The fraction of sp³-hybridized carbons (Fsp3) is 0.571. The van der Waals surface area contributed by atoms with Gasteiger partial charge in [0.1, 0.15) is 0 Å². The van der Waals surface area contributed by atoms with Gasteiger partial charge in [-0.25, -0.2) is 0 Å². The molecule has 1 heterocycles. The number of hydrogen-bond donors (Lipinski definition) is 1. The van der Waals surface area contributed by atoms with Crippen LogP contribution in [-0.4, -0.2) is 38.0 Å². The monoisotopic (exact) mass is 235 g/mol. The van der Waals surface area contributed by atoms with Gasteiger partial charge in [0.2, 0.25) is 0 Å². The molecule has 1 saturated heterocycles. The van der Waals surface area contributed by atoms with Gasteiger partial charge in [0.25, 0.3) is 0 Å². The van der Waals surface area contributed by atoms with Crippen LogP contribution in [-0.2, 0) is 4.74 Å². The maximum atomic E-state index is 9.60. The molecule has 1 aromatic carbocycles. The van der Waals surface area contributed by atoms with Crippen molar-refractivity contribution in [3.63, 3.8) is 0 Å². The van der Waals surface area contributed by atoms with Crippen molar-refractivity contribution in [1.29, 1.82) is 0 Å². The molecule has 1 fully saturated rings. The van der Waals surface area contributed by atoms with E-state index in [0.29, 0.717) is 6.61 Å². The van der Waals surface area contributed by atoms with Crippen molar-refractivity contribution in [3.05, 3.63) is 30.3 Å². The van der Waals surface area contributed by atoms with E-state index in [1.807, 2.05) is 6.07 Å². The van der Waals surface area contributed by atoms with Crippen molar-refractivity contribution in [2.24, 2.45) is 5.41 Å². The number of benzene rings is 1. The zero-order valence-corrected chi connectivity index (χ0v) is 10.4. The number of para-hydroxylation sites is 1. The molecule has 0 radical (unpaired) electrons. The van der Waals surface area contributed by atoms with Gasteiger partial charge in [-0.3, -0.25) is 0 Å². The van der Waals surface area contributed by atoms with Gasteiger partial charge < -0.3 is 14.7 Å². The van der Waals surface area contributed by atoms with Crippen LogP contribution in [0.4, 0.5) is 5.69 Å². The van der Waals surface area contributed by atoms with Gasteiger partial charge in [0.05, 0.1) is 13.2 Å². The normalized spacial score (nSPS) is 23.9. The van der Waals surface area contributed by atoms with E-state index in [-0.39, 0.29) is 12.0 Å². The molecule has 1 aliphatic heterocycles. The molecule has 0 amide bonds. The van der Waals surface area contributed by atoms with Crippen LogP contribution in [0.3, 0.4) is 0 Å². The summed E-state index contributed by atoms with van der Waals surface area (Å²) in [6.07, 6.45) is 0.951. The molecule has 0 aliphatic carbocycles. The Balaban J connectivity index is 2.09. The molecule has 1 aliphatic rings. The minimum atomic E-state index is -0.0775. The summed E-state index contributed by atoms with van der Waals surface area (Å²) in [5.74, 6) is 0. The second kappa shape index (κ2) is 5.52. The Kier molecular flexibility index (Phi) is 4.02. The average Bonchev–Trinajstić information content (AvgIpc) is 2.86. The molecule has 3 heteroatoms. The first-order valence-corrected chi connectivity index (χ1v) is 6.28. The molecule has 1 unspecified atom stereocenters. The molecule has 3 nitrogen and oxygen atoms in total. The third kappa shape index (κ3) is 2.79. The maximum absolute atomic E-state index is 9.60. The van der Waals surface area contributed by atoms with Crippen LogP contribution in [0.2, 0.25) is 0 Å². The lowest BCUT2D eigenvalue weighted by molar-refractivity contribution is 0.0979. The largest absolute Gasteiger partial charge is 0.396 e. The van der Waals surface area contributed by atoms with Crippen molar-refractivity contribution >= 4 is 5.69 Å². The van der Waals surface area contributed by atoms with Crippen molar-refractivity contribution < 1.29 is 9.84 Å². The van der Waals surface area contributed by atoms with E-state index in [4.69, 9.17) is 4.74 Å². The van der Waals surface area contributed by atoms with Crippen molar-refractivity contribution in [3.8, 4) is 0 Å². The first-order valence-electron chi connectivity index (χ1n) is 6.28. The topological polar surface area (TPSA) is 32.7 Å². The highest BCUT2D eigenvalue weighted by Crippen LogP contribution is 2.30. The molecule has 0 spiro atoms. The van der Waals surface area contributed by atoms with E-state index in [2.05, 4.69) is 36.1 Å². The lowest BCUT2D eigenvalue weighted by atomic mass is 9.87. The third-order valence-corrected chi connectivity index (χ3v) is 3.55. The SMILES string of the molecule is CCN(CC1(CO)CCOC1)c1ccccc1. The van der Waals surface area contributed by atoms with Gasteiger partial charge in [-0.05, 0) is 25.5 Å². The van der Waals surface area contributed by atoms with E-state index in [9.17, 15) is 5.11 Å². The van der Waals surface area contributed by atoms with Crippen LogP contribution < -0.4 is 4.90 Å². The predicted molar refractivity (Wildman–Crippen MR) is 69.3 cm³/mol. The summed E-state index contributed by atoms with van der Waals surface area (Å²) in [4.78, 5) is 2.31. The van der Waals surface area contributed by atoms with Crippen LogP contribution in [0, 0.1) is 5.41 Å². The lowest BCUT2D eigenvalue weighted by Crippen LogP contribution is -2.40. The first-order chi connectivity index (χ1) is 8.29. The standard InChI is InChI=1S/C14H21NO2/c1-2-15(13-6-4-3-5-7-13)10-14(11-16)8-9-17-12-14/h3-7,16H,2,8-12H2,1H3. The second-order valence-corrected chi connectivity index (χ2v) is 4.81. The highest BCUT2D eigenvalue weighted by molar-refractivity contribution is 5.46. The zero-order valence-electron chi connectivity index (χ0n) is 10.4. The van der Waals surface area contributed by atoms with Crippen molar-refractivity contribution in [2.75, 3.05) is 37.8 Å². The van der Waals surface area contributed by atoms with E-state index >= 15 is 0 Å². The van der Waals surface area contributed by atoms with Crippen LogP contribution in [0.1, 0.15) is 13.3 Å². The van der Waals surface area contributed by atoms with E-state index in [1.165, 1.54) is 5.69 Å². The molecule has 2 rings (SSSR count). The minimum Gasteiger partial charge on any atom is -0.396 e. The number of rotatable bonds is 5. The Morgan fingerprint density at radius 1 is 1.35 bits per heavy atom. The Morgan fingerprint density at radius 2 is 2.12 bits per heavy atom. The molecular formula is C14H21NO2. The summed E-state index contributed by atoms with van der Waals surface area (Å²) >= 11 is 0. The van der Waals surface area contributed by atoms with Crippen molar-refractivity contribution in [1.82, 2.24) is 0 Å². The number of anilines is 1. The van der Waals surface area contributed by atoms with Crippen LogP contribution >= 0.6 is 0 Å². The van der Waals surface area contributed by atoms with Gasteiger partial charge in [0.15, 0.2) is 0 Å². The molecule has 1 N–H and O–H groups in total. The Hall–Kier alpha value is -1.06. The smallest absolute Gasteiger partial charge is 0.0562 e. The Labute approximate surface area is 103 Å². The summed E-state index contributed by atoms with van der Waals surface area (Å²) in [7, 11) is 0. The quantitative estimate of drug-likeness (QED) is 0.846. The van der Waals surface area contributed by atoms with Crippen molar-refractivity contribution in [2.45, 2.75) is 13.3 Å². The highest BCUT2D eigenvalue weighted by Gasteiger charge is 2.35. The summed E-state index contributed by atoms with van der Waals surface area (Å²) in [6, 6.07) is 10.4. The Bertz CT molecular complexity index is 333. The summed E-state index contributed by atoms with van der Waals surface area (Å²) in [5.41, 5.74) is 1.14. The number of aliphatic hydroxyl groups is 1. The second-order valence-electron chi connectivity index (χ2n) is 4.81. The maximum Gasteiger partial charge on any atom is 0.0562 e. The number of ether oxygens (including phenoxy) is 1. The lowest BCUT2D eigenvalue weighted by Gasteiger charge is -2.33. The summed E-state index contributed by atoms with van der Waals surface area (Å²) in [6.45, 7) is 5.61. The summed E-state index contributed by atoms with van der Waals surface area (Å²) in [5, 5.41) is 9.60. The van der Waals surface area contributed by atoms with Crippen LogP contribution in [0.5, 0.6) is 0 Å². The van der Waals surface area contributed by atoms with Gasteiger partial charge >= 0.3 is 0 Å². The van der Waals surface area contributed by atoms with Gasteiger partial charge in [-0.2, -0.15) is 0 Å². The van der Waals surface area contributed by atoms with E-state index in [1.54, 1.807) is 0 Å². The molecular weight excluding hydrogens is 214 g/mol. The van der Waals surface area contributed by atoms with E-state index in [0.717, 1.165) is 26.1 Å².